The van der Waals surface area contributed by atoms with Gasteiger partial charge >= 0.3 is 0 Å². The van der Waals surface area contributed by atoms with Crippen molar-refractivity contribution in [3.8, 4) is 0 Å². The van der Waals surface area contributed by atoms with Crippen LogP contribution < -0.4 is 10.6 Å². The van der Waals surface area contributed by atoms with E-state index in [1.54, 1.807) is 11.3 Å². The molecule has 0 saturated heterocycles. The van der Waals surface area contributed by atoms with Crippen LogP contribution in [0.25, 0.3) is 0 Å². The molecule has 2 rings (SSSR count). The number of anilines is 2. The zero-order valence-electron chi connectivity index (χ0n) is 14.7. The lowest BCUT2D eigenvalue weighted by molar-refractivity contribution is -0.114. The Kier molecular flexibility index (Phi) is 6.15. The fourth-order valence-electron chi connectivity index (χ4n) is 2.60. The lowest BCUT2D eigenvalue weighted by Crippen LogP contribution is -2.13. The van der Waals surface area contributed by atoms with Crippen LogP contribution in [0.4, 0.5) is 11.4 Å². The molecule has 5 heteroatoms. The standard InChI is InChI=1S/C19H24N2O2S/c1-5-8-17-14(6-2)11-18(24-17)19(23)21-16-10-7-9-15(12(16)3)20-13(4)22/h7,9-11H,5-6,8H2,1-4H3,(H,20,22)(H,21,23). The summed E-state index contributed by atoms with van der Waals surface area (Å²) in [6.07, 6.45) is 3.03. The van der Waals surface area contributed by atoms with Gasteiger partial charge in [-0.1, -0.05) is 26.3 Å². The first-order valence-corrected chi connectivity index (χ1v) is 9.08. The molecule has 0 bridgehead atoms. The summed E-state index contributed by atoms with van der Waals surface area (Å²) in [7, 11) is 0. The molecule has 0 aliphatic heterocycles. The third-order valence-electron chi connectivity index (χ3n) is 3.87. The third kappa shape index (κ3) is 4.23. The molecule has 0 atom stereocenters. The van der Waals surface area contributed by atoms with Crippen LogP contribution in [0.15, 0.2) is 24.3 Å². The number of carbonyl (C=O) groups excluding carboxylic acids is 2. The van der Waals surface area contributed by atoms with Crippen molar-refractivity contribution in [3.63, 3.8) is 0 Å². The van der Waals surface area contributed by atoms with Gasteiger partial charge in [0.05, 0.1) is 4.88 Å². The lowest BCUT2D eigenvalue weighted by Gasteiger charge is -2.12. The van der Waals surface area contributed by atoms with Gasteiger partial charge in [0.25, 0.3) is 5.91 Å². The Hall–Kier alpha value is -2.14. The first kappa shape index (κ1) is 18.2. The minimum Gasteiger partial charge on any atom is -0.326 e. The Bertz CT molecular complexity index is 750. The van der Waals surface area contributed by atoms with Gasteiger partial charge in [0.1, 0.15) is 0 Å². The number of rotatable bonds is 6. The quantitative estimate of drug-likeness (QED) is 0.792. The van der Waals surface area contributed by atoms with Gasteiger partial charge in [0, 0.05) is 23.2 Å². The van der Waals surface area contributed by atoms with Crippen molar-refractivity contribution in [2.75, 3.05) is 10.6 Å². The molecule has 1 aromatic carbocycles. The summed E-state index contributed by atoms with van der Waals surface area (Å²) in [5.74, 6) is -0.225. The van der Waals surface area contributed by atoms with Crippen LogP contribution in [0, 0.1) is 6.92 Å². The Morgan fingerprint density at radius 1 is 1.12 bits per heavy atom. The normalized spacial score (nSPS) is 10.5. The van der Waals surface area contributed by atoms with Gasteiger partial charge in [0.15, 0.2) is 0 Å². The van der Waals surface area contributed by atoms with Gasteiger partial charge in [-0.25, -0.2) is 0 Å². The Labute approximate surface area is 147 Å². The van der Waals surface area contributed by atoms with Gasteiger partial charge in [-0.2, -0.15) is 0 Å². The topological polar surface area (TPSA) is 58.2 Å². The number of amides is 2. The van der Waals surface area contributed by atoms with Crippen molar-refractivity contribution in [1.29, 1.82) is 0 Å². The highest BCUT2D eigenvalue weighted by atomic mass is 32.1. The van der Waals surface area contributed by atoms with Crippen LogP contribution in [-0.4, -0.2) is 11.8 Å². The smallest absolute Gasteiger partial charge is 0.265 e. The van der Waals surface area contributed by atoms with E-state index < -0.39 is 0 Å². The molecule has 1 heterocycles. The molecule has 0 spiro atoms. The summed E-state index contributed by atoms with van der Waals surface area (Å²) in [6, 6.07) is 7.49. The van der Waals surface area contributed by atoms with E-state index in [1.165, 1.54) is 17.4 Å². The second kappa shape index (κ2) is 8.11. The molecule has 0 aliphatic carbocycles. The Morgan fingerprint density at radius 2 is 1.79 bits per heavy atom. The van der Waals surface area contributed by atoms with Gasteiger partial charge in [-0.05, 0) is 49.1 Å². The van der Waals surface area contributed by atoms with Crippen LogP contribution >= 0.6 is 11.3 Å². The molecule has 0 aliphatic rings. The molecule has 24 heavy (non-hydrogen) atoms. The molecule has 2 aromatic rings. The van der Waals surface area contributed by atoms with E-state index in [1.807, 2.05) is 31.2 Å². The molecule has 2 N–H and O–H groups in total. The maximum Gasteiger partial charge on any atom is 0.265 e. The molecule has 4 nitrogen and oxygen atoms in total. The molecule has 2 amide bonds. The SMILES string of the molecule is CCCc1sc(C(=O)Nc2cccc(NC(C)=O)c2C)cc1CC. The summed E-state index contributed by atoms with van der Waals surface area (Å²) in [6.45, 7) is 7.62. The molecule has 0 fully saturated rings. The largest absolute Gasteiger partial charge is 0.326 e. The second-order valence-corrected chi connectivity index (χ2v) is 6.91. The third-order valence-corrected chi connectivity index (χ3v) is 5.11. The van der Waals surface area contributed by atoms with Crippen LogP contribution in [0.3, 0.4) is 0 Å². The van der Waals surface area contributed by atoms with Crippen LogP contribution in [0.2, 0.25) is 0 Å². The summed E-state index contributed by atoms with van der Waals surface area (Å²) in [5, 5.41) is 5.75. The monoisotopic (exact) mass is 344 g/mol. The summed E-state index contributed by atoms with van der Waals surface area (Å²) in [5.41, 5.74) is 3.54. The predicted octanol–water partition coefficient (Wildman–Crippen LogP) is 4.78. The summed E-state index contributed by atoms with van der Waals surface area (Å²) < 4.78 is 0. The van der Waals surface area contributed by atoms with Crippen molar-refractivity contribution in [2.45, 2.75) is 47.0 Å². The fraction of sp³-hybridized carbons (Fsp3) is 0.368. The first-order valence-electron chi connectivity index (χ1n) is 8.26. The number of aryl methyl sites for hydroxylation is 2. The molecule has 128 valence electrons. The van der Waals surface area contributed by atoms with Crippen LogP contribution in [-0.2, 0) is 17.6 Å². The number of benzene rings is 1. The van der Waals surface area contributed by atoms with E-state index in [0.717, 1.165) is 35.4 Å². The average Bonchev–Trinajstić information content (AvgIpc) is 2.94. The summed E-state index contributed by atoms with van der Waals surface area (Å²) in [4.78, 5) is 25.9. The predicted molar refractivity (Wildman–Crippen MR) is 101 cm³/mol. The van der Waals surface area contributed by atoms with Crippen molar-refractivity contribution < 1.29 is 9.59 Å². The molecule has 1 aromatic heterocycles. The average molecular weight is 344 g/mol. The maximum absolute atomic E-state index is 12.6. The number of hydrogen-bond acceptors (Lipinski definition) is 3. The zero-order valence-corrected chi connectivity index (χ0v) is 15.5. The Balaban J connectivity index is 2.22. The fourth-order valence-corrected chi connectivity index (χ4v) is 3.85. The maximum atomic E-state index is 12.6. The van der Waals surface area contributed by atoms with Crippen molar-refractivity contribution in [3.05, 3.63) is 45.1 Å². The van der Waals surface area contributed by atoms with E-state index in [9.17, 15) is 9.59 Å². The minimum atomic E-state index is -0.128. The molecule has 0 saturated carbocycles. The number of thiophene rings is 1. The Morgan fingerprint density at radius 3 is 2.38 bits per heavy atom. The minimum absolute atomic E-state index is 0.0971. The van der Waals surface area contributed by atoms with E-state index in [0.29, 0.717) is 5.69 Å². The van der Waals surface area contributed by atoms with Gasteiger partial charge in [0.2, 0.25) is 5.91 Å². The number of carbonyl (C=O) groups is 2. The van der Waals surface area contributed by atoms with E-state index in [4.69, 9.17) is 0 Å². The van der Waals surface area contributed by atoms with Crippen molar-refractivity contribution in [1.82, 2.24) is 0 Å². The molecule has 0 unspecified atom stereocenters. The second-order valence-electron chi connectivity index (χ2n) is 5.78. The summed E-state index contributed by atoms with van der Waals surface area (Å²) >= 11 is 1.57. The molecular formula is C19H24N2O2S. The van der Waals surface area contributed by atoms with Gasteiger partial charge in [-0.3, -0.25) is 9.59 Å². The van der Waals surface area contributed by atoms with Crippen LogP contribution in [0.1, 0.15) is 52.9 Å². The molecular weight excluding hydrogens is 320 g/mol. The van der Waals surface area contributed by atoms with E-state index in [-0.39, 0.29) is 11.8 Å². The number of hydrogen-bond donors (Lipinski definition) is 2. The highest BCUT2D eigenvalue weighted by molar-refractivity contribution is 7.14. The van der Waals surface area contributed by atoms with Gasteiger partial charge < -0.3 is 10.6 Å². The van der Waals surface area contributed by atoms with Crippen LogP contribution in [0.5, 0.6) is 0 Å². The van der Waals surface area contributed by atoms with Crippen molar-refractivity contribution in [2.24, 2.45) is 0 Å². The number of nitrogens with one attached hydrogen (secondary N) is 2. The first-order chi connectivity index (χ1) is 11.5. The highest BCUT2D eigenvalue weighted by Gasteiger charge is 2.15. The van der Waals surface area contributed by atoms with E-state index in [2.05, 4.69) is 24.5 Å². The van der Waals surface area contributed by atoms with Gasteiger partial charge in [-0.15, -0.1) is 11.3 Å². The molecule has 0 radical (unpaired) electrons. The zero-order chi connectivity index (χ0) is 17.7. The lowest BCUT2D eigenvalue weighted by atomic mass is 10.1. The van der Waals surface area contributed by atoms with Crippen molar-refractivity contribution >= 4 is 34.5 Å². The highest BCUT2D eigenvalue weighted by Crippen LogP contribution is 2.27. The van der Waals surface area contributed by atoms with E-state index >= 15 is 0 Å².